The largest absolute Gasteiger partial charge is 0.357 e. The SMILES string of the molecule is Cc1cc(N2CCCC(C)CC2)ncc1Br. The monoisotopic (exact) mass is 282 g/mol. The van der Waals surface area contributed by atoms with Crippen LogP contribution < -0.4 is 4.90 Å². The third kappa shape index (κ3) is 2.76. The summed E-state index contributed by atoms with van der Waals surface area (Å²) in [7, 11) is 0. The van der Waals surface area contributed by atoms with E-state index in [0.717, 1.165) is 29.3 Å². The second-order valence-corrected chi connectivity index (χ2v) is 5.67. The minimum atomic E-state index is 0.863. The minimum Gasteiger partial charge on any atom is -0.357 e. The summed E-state index contributed by atoms with van der Waals surface area (Å²) in [5, 5.41) is 0. The highest BCUT2D eigenvalue weighted by atomic mass is 79.9. The van der Waals surface area contributed by atoms with E-state index in [9.17, 15) is 0 Å². The fourth-order valence-corrected chi connectivity index (χ4v) is 2.41. The van der Waals surface area contributed by atoms with Crippen LogP contribution in [0, 0.1) is 12.8 Å². The molecule has 1 aromatic heterocycles. The topological polar surface area (TPSA) is 16.1 Å². The van der Waals surface area contributed by atoms with Gasteiger partial charge in [-0.25, -0.2) is 4.98 Å². The van der Waals surface area contributed by atoms with Crippen LogP contribution in [0.2, 0.25) is 0 Å². The number of halogens is 1. The van der Waals surface area contributed by atoms with Gasteiger partial charge in [-0.2, -0.15) is 0 Å². The molecule has 2 rings (SSSR count). The summed E-state index contributed by atoms with van der Waals surface area (Å²) in [4.78, 5) is 6.93. The fraction of sp³-hybridized carbons (Fsp3) is 0.615. The summed E-state index contributed by atoms with van der Waals surface area (Å²) < 4.78 is 1.10. The molecular weight excluding hydrogens is 264 g/mol. The Labute approximate surface area is 106 Å². The van der Waals surface area contributed by atoms with Crippen molar-refractivity contribution >= 4 is 21.7 Å². The summed E-state index contributed by atoms with van der Waals surface area (Å²) in [6.45, 7) is 6.77. The zero-order valence-electron chi connectivity index (χ0n) is 10.0. The van der Waals surface area contributed by atoms with Crippen LogP contribution in [0.4, 0.5) is 5.82 Å². The Bertz CT molecular complexity index is 365. The average Bonchev–Trinajstić information content (AvgIpc) is 2.47. The molecule has 0 bridgehead atoms. The zero-order valence-corrected chi connectivity index (χ0v) is 11.6. The summed E-state index contributed by atoms with van der Waals surface area (Å²) in [5.74, 6) is 2.00. The van der Waals surface area contributed by atoms with E-state index in [2.05, 4.69) is 45.7 Å². The lowest BCUT2D eigenvalue weighted by Gasteiger charge is -2.22. The van der Waals surface area contributed by atoms with Crippen molar-refractivity contribution in [3.63, 3.8) is 0 Å². The number of pyridine rings is 1. The first-order valence-corrected chi connectivity index (χ1v) is 6.83. The molecule has 1 fully saturated rings. The van der Waals surface area contributed by atoms with Gasteiger partial charge >= 0.3 is 0 Å². The molecule has 0 amide bonds. The molecule has 1 atom stereocenters. The van der Waals surface area contributed by atoms with Gasteiger partial charge in [0.15, 0.2) is 0 Å². The molecule has 1 aliphatic rings. The number of nitrogens with zero attached hydrogens (tertiary/aromatic N) is 2. The highest BCUT2D eigenvalue weighted by Crippen LogP contribution is 2.24. The first-order valence-electron chi connectivity index (χ1n) is 6.04. The summed E-state index contributed by atoms with van der Waals surface area (Å²) in [6.07, 6.45) is 5.85. The van der Waals surface area contributed by atoms with E-state index in [1.807, 2.05) is 6.20 Å². The van der Waals surface area contributed by atoms with Crippen LogP contribution in [-0.4, -0.2) is 18.1 Å². The van der Waals surface area contributed by atoms with Crippen molar-refractivity contribution in [3.8, 4) is 0 Å². The zero-order chi connectivity index (χ0) is 11.5. The maximum atomic E-state index is 4.51. The standard InChI is InChI=1S/C13H19BrN2/c1-10-4-3-6-16(7-5-10)13-8-11(2)12(14)9-15-13/h8-10H,3-7H2,1-2H3. The maximum Gasteiger partial charge on any atom is 0.128 e. The van der Waals surface area contributed by atoms with Gasteiger partial charge in [0.05, 0.1) is 0 Å². The van der Waals surface area contributed by atoms with Gasteiger partial charge in [0.2, 0.25) is 0 Å². The first-order chi connectivity index (χ1) is 7.66. The molecule has 1 aliphatic heterocycles. The molecule has 0 saturated carbocycles. The molecule has 0 radical (unpaired) electrons. The van der Waals surface area contributed by atoms with E-state index in [0.29, 0.717) is 0 Å². The van der Waals surface area contributed by atoms with E-state index >= 15 is 0 Å². The lowest BCUT2D eigenvalue weighted by molar-refractivity contribution is 0.521. The highest BCUT2D eigenvalue weighted by molar-refractivity contribution is 9.10. The third-order valence-corrected chi connectivity index (χ3v) is 4.20. The normalized spacial score (nSPS) is 21.9. The van der Waals surface area contributed by atoms with Crippen LogP contribution in [0.5, 0.6) is 0 Å². The van der Waals surface area contributed by atoms with E-state index < -0.39 is 0 Å². The Morgan fingerprint density at radius 2 is 2.19 bits per heavy atom. The summed E-state index contributed by atoms with van der Waals surface area (Å²) in [5.41, 5.74) is 1.27. The summed E-state index contributed by atoms with van der Waals surface area (Å²) in [6, 6.07) is 2.18. The van der Waals surface area contributed by atoms with Crippen molar-refractivity contribution in [2.75, 3.05) is 18.0 Å². The van der Waals surface area contributed by atoms with Crippen molar-refractivity contribution in [2.45, 2.75) is 33.1 Å². The van der Waals surface area contributed by atoms with E-state index in [1.165, 1.54) is 24.8 Å². The van der Waals surface area contributed by atoms with Crippen molar-refractivity contribution < 1.29 is 0 Å². The van der Waals surface area contributed by atoms with Gasteiger partial charge in [0.25, 0.3) is 0 Å². The molecule has 2 nitrogen and oxygen atoms in total. The van der Waals surface area contributed by atoms with E-state index in [4.69, 9.17) is 0 Å². The number of anilines is 1. The number of aromatic nitrogens is 1. The molecule has 0 aromatic carbocycles. The van der Waals surface area contributed by atoms with Crippen LogP contribution in [0.15, 0.2) is 16.7 Å². The third-order valence-electron chi connectivity index (χ3n) is 3.37. The number of hydrogen-bond acceptors (Lipinski definition) is 2. The summed E-state index contributed by atoms with van der Waals surface area (Å²) >= 11 is 3.50. The van der Waals surface area contributed by atoms with E-state index in [-0.39, 0.29) is 0 Å². The smallest absolute Gasteiger partial charge is 0.128 e. The lowest BCUT2D eigenvalue weighted by atomic mass is 10.0. The molecule has 1 aromatic rings. The van der Waals surface area contributed by atoms with Gasteiger partial charge in [-0.1, -0.05) is 6.92 Å². The fourth-order valence-electron chi connectivity index (χ4n) is 2.19. The lowest BCUT2D eigenvalue weighted by Crippen LogP contribution is -2.25. The van der Waals surface area contributed by atoms with Crippen LogP contribution >= 0.6 is 15.9 Å². The Morgan fingerprint density at radius 1 is 1.38 bits per heavy atom. The predicted molar refractivity (Wildman–Crippen MR) is 71.9 cm³/mol. The Balaban J connectivity index is 2.13. The Hall–Kier alpha value is -0.570. The molecule has 3 heteroatoms. The minimum absolute atomic E-state index is 0.863. The molecule has 0 N–H and O–H groups in total. The second-order valence-electron chi connectivity index (χ2n) is 4.81. The average molecular weight is 283 g/mol. The van der Waals surface area contributed by atoms with Crippen molar-refractivity contribution in [3.05, 3.63) is 22.3 Å². The predicted octanol–water partition coefficient (Wildman–Crippen LogP) is 3.78. The van der Waals surface area contributed by atoms with Crippen molar-refractivity contribution in [1.29, 1.82) is 0 Å². The second kappa shape index (κ2) is 5.17. The van der Waals surface area contributed by atoms with Gasteiger partial charge in [-0.3, -0.25) is 0 Å². The van der Waals surface area contributed by atoms with Gasteiger partial charge in [-0.05, 0) is 59.7 Å². The van der Waals surface area contributed by atoms with Crippen LogP contribution in [0.3, 0.4) is 0 Å². The number of aryl methyl sites for hydroxylation is 1. The molecule has 1 saturated heterocycles. The van der Waals surface area contributed by atoms with E-state index in [1.54, 1.807) is 0 Å². The molecule has 2 heterocycles. The highest BCUT2D eigenvalue weighted by Gasteiger charge is 2.15. The quantitative estimate of drug-likeness (QED) is 0.779. The number of hydrogen-bond donors (Lipinski definition) is 0. The van der Waals surface area contributed by atoms with Crippen LogP contribution in [0.1, 0.15) is 31.7 Å². The maximum absolute atomic E-state index is 4.51. The van der Waals surface area contributed by atoms with Crippen LogP contribution in [0.25, 0.3) is 0 Å². The van der Waals surface area contributed by atoms with Crippen molar-refractivity contribution in [2.24, 2.45) is 5.92 Å². The Morgan fingerprint density at radius 3 is 2.94 bits per heavy atom. The van der Waals surface area contributed by atoms with Gasteiger partial charge in [0.1, 0.15) is 5.82 Å². The molecular formula is C13H19BrN2. The molecule has 0 aliphatic carbocycles. The van der Waals surface area contributed by atoms with Crippen LogP contribution in [-0.2, 0) is 0 Å². The number of rotatable bonds is 1. The molecule has 1 unspecified atom stereocenters. The molecule has 16 heavy (non-hydrogen) atoms. The molecule has 0 spiro atoms. The molecule has 88 valence electrons. The van der Waals surface area contributed by atoms with Gasteiger partial charge < -0.3 is 4.90 Å². The van der Waals surface area contributed by atoms with Crippen molar-refractivity contribution in [1.82, 2.24) is 4.98 Å². The van der Waals surface area contributed by atoms with Gasteiger partial charge in [0, 0.05) is 23.8 Å². The first kappa shape index (κ1) is 11.9. The Kier molecular flexibility index (Phi) is 3.85. The van der Waals surface area contributed by atoms with Gasteiger partial charge in [-0.15, -0.1) is 0 Å².